The number of nitrogens with one attached hydrogen (secondary N) is 2. The lowest BCUT2D eigenvalue weighted by molar-refractivity contribution is 0.256. The van der Waals surface area contributed by atoms with Crippen molar-refractivity contribution < 1.29 is 9.53 Å². The van der Waals surface area contributed by atoms with E-state index in [1.807, 2.05) is 42.6 Å². The van der Waals surface area contributed by atoms with Crippen LogP contribution in [0.15, 0.2) is 103 Å². The predicted octanol–water partition coefficient (Wildman–Crippen LogP) is 9.25. The maximum atomic E-state index is 14.2. The average molecular weight is 644 g/mol. The van der Waals surface area contributed by atoms with Gasteiger partial charge in [-0.05, 0) is 114 Å². The molecule has 5 rings (SSSR count). The normalized spacial score (nSPS) is 11.2. The van der Waals surface area contributed by atoms with E-state index < -0.39 is 0 Å². The van der Waals surface area contributed by atoms with Crippen LogP contribution in [-0.4, -0.2) is 34.1 Å². The highest BCUT2D eigenvalue weighted by molar-refractivity contribution is 6.03. The number of fused-ring (bicyclic) bond motifs is 1. The van der Waals surface area contributed by atoms with Gasteiger partial charge in [0.25, 0.3) is 5.56 Å². The van der Waals surface area contributed by atoms with E-state index in [4.69, 9.17) is 4.74 Å². The molecule has 0 unspecified atom stereocenters. The van der Waals surface area contributed by atoms with Crippen LogP contribution in [0.25, 0.3) is 22.2 Å². The molecule has 3 aromatic heterocycles. The number of amides is 2. The maximum absolute atomic E-state index is 14.2. The standard InChI is InChI=1S/C40H45N5O3/c1-6-7-8-20-45(36-25-31-16-11-19-42-38(31)44-39(36)46)40(47)43-37-34(27(2)3)23-32(24-35(37)28(4)5)30-15-9-17-33(22-30)48-21-12-14-29-13-10-18-41-26-29/h6,9-11,13,15-19,22-28H,1,7-8,12,14,20-21H2,2-5H3,(H,43,47)(H,42,44,46). The first-order valence-corrected chi connectivity index (χ1v) is 16.7. The van der Waals surface area contributed by atoms with E-state index in [0.717, 1.165) is 51.9 Å². The first-order valence-electron chi connectivity index (χ1n) is 16.7. The van der Waals surface area contributed by atoms with Gasteiger partial charge < -0.3 is 15.0 Å². The van der Waals surface area contributed by atoms with Crippen LogP contribution in [0.2, 0.25) is 0 Å². The number of rotatable bonds is 14. The molecule has 0 aliphatic heterocycles. The summed E-state index contributed by atoms with van der Waals surface area (Å²) in [5.41, 5.74) is 6.53. The van der Waals surface area contributed by atoms with Crippen molar-refractivity contribution in [2.45, 2.75) is 65.2 Å². The Hall–Kier alpha value is -5.24. The third-order valence-electron chi connectivity index (χ3n) is 8.37. The fraction of sp³-hybridized carbons (Fsp3) is 0.300. The molecule has 0 aliphatic rings. The van der Waals surface area contributed by atoms with E-state index in [1.54, 1.807) is 18.5 Å². The van der Waals surface area contributed by atoms with Crippen molar-refractivity contribution >= 4 is 28.4 Å². The Morgan fingerprint density at radius 1 is 0.958 bits per heavy atom. The number of allylic oxidation sites excluding steroid dienone is 1. The highest BCUT2D eigenvalue weighted by atomic mass is 16.5. The van der Waals surface area contributed by atoms with Crippen LogP contribution < -0.4 is 20.5 Å². The van der Waals surface area contributed by atoms with Gasteiger partial charge in [0.2, 0.25) is 0 Å². The number of unbranched alkanes of at least 4 members (excludes halogenated alkanes) is 1. The van der Waals surface area contributed by atoms with Crippen LogP contribution in [0, 0.1) is 0 Å². The molecule has 0 bridgehead atoms. The van der Waals surface area contributed by atoms with Crippen LogP contribution in [0.5, 0.6) is 5.75 Å². The molecule has 0 saturated carbocycles. The lowest BCUT2D eigenvalue weighted by atomic mass is 9.88. The lowest BCUT2D eigenvalue weighted by Crippen LogP contribution is -2.39. The van der Waals surface area contributed by atoms with Crippen molar-refractivity contribution in [3.05, 3.63) is 125 Å². The zero-order chi connectivity index (χ0) is 34.0. The second kappa shape index (κ2) is 16.0. The number of carbonyl (C=O) groups excluding carboxylic acids is 1. The number of aromatic nitrogens is 3. The number of benzene rings is 2. The molecule has 0 radical (unpaired) electrons. The van der Waals surface area contributed by atoms with E-state index in [9.17, 15) is 9.59 Å². The van der Waals surface area contributed by atoms with Crippen LogP contribution in [-0.2, 0) is 6.42 Å². The number of aromatic amines is 1. The van der Waals surface area contributed by atoms with Crippen molar-refractivity contribution in [2.75, 3.05) is 23.4 Å². The SMILES string of the molecule is C=CCCCN(C(=O)Nc1c(C(C)C)cc(-c2cccc(OCCCc3cccnc3)c2)cc1C(C)C)c1cc2cccnc2[nH]c1=O. The molecule has 8 heteroatoms. The number of hydrogen-bond acceptors (Lipinski definition) is 5. The number of aryl methyl sites for hydroxylation is 1. The molecule has 3 heterocycles. The Kier molecular flexibility index (Phi) is 11.4. The topological polar surface area (TPSA) is 100 Å². The van der Waals surface area contributed by atoms with Gasteiger partial charge in [0.1, 0.15) is 17.1 Å². The van der Waals surface area contributed by atoms with Crippen LogP contribution in [0.3, 0.4) is 0 Å². The first-order chi connectivity index (χ1) is 23.2. The zero-order valence-electron chi connectivity index (χ0n) is 28.3. The molecule has 0 saturated heterocycles. The summed E-state index contributed by atoms with van der Waals surface area (Å²) in [5.74, 6) is 1.06. The van der Waals surface area contributed by atoms with Gasteiger partial charge >= 0.3 is 6.03 Å². The molecule has 2 N–H and O–H groups in total. The van der Waals surface area contributed by atoms with Gasteiger partial charge in [-0.25, -0.2) is 9.78 Å². The molecule has 0 spiro atoms. The summed E-state index contributed by atoms with van der Waals surface area (Å²) in [4.78, 5) is 40.2. The third kappa shape index (κ3) is 8.37. The molecular weight excluding hydrogens is 598 g/mol. The van der Waals surface area contributed by atoms with Crippen molar-refractivity contribution in [3.8, 4) is 16.9 Å². The van der Waals surface area contributed by atoms with E-state index in [2.05, 4.69) is 84.9 Å². The number of carbonyl (C=O) groups is 1. The van der Waals surface area contributed by atoms with Gasteiger partial charge in [-0.3, -0.25) is 14.7 Å². The summed E-state index contributed by atoms with van der Waals surface area (Å²) >= 11 is 0. The molecular formula is C40H45N5O3. The Morgan fingerprint density at radius 3 is 2.44 bits per heavy atom. The van der Waals surface area contributed by atoms with Gasteiger partial charge in [-0.2, -0.15) is 0 Å². The number of anilines is 2. The monoisotopic (exact) mass is 643 g/mol. The molecule has 248 valence electrons. The third-order valence-corrected chi connectivity index (χ3v) is 8.37. The second-order valence-electron chi connectivity index (χ2n) is 12.6. The van der Waals surface area contributed by atoms with Gasteiger partial charge in [0.15, 0.2) is 0 Å². The molecule has 8 nitrogen and oxygen atoms in total. The van der Waals surface area contributed by atoms with Gasteiger partial charge in [0.05, 0.1) is 6.61 Å². The number of H-pyrrole nitrogens is 1. The fourth-order valence-corrected chi connectivity index (χ4v) is 5.81. The number of pyridine rings is 3. The maximum Gasteiger partial charge on any atom is 0.326 e. The average Bonchev–Trinajstić information content (AvgIpc) is 3.09. The molecule has 48 heavy (non-hydrogen) atoms. The summed E-state index contributed by atoms with van der Waals surface area (Å²) in [5, 5.41) is 4.00. The summed E-state index contributed by atoms with van der Waals surface area (Å²) in [6.07, 6.45) is 10.3. The molecule has 2 amide bonds. The summed E-state index contributed by atoms with van der Waals surface area (Å²) in [6.45, 7) is 13.3. The van der Waals surface area contributed by atoms with E-state index in [-0.39, 0.29) is 29.1 Å². The molecule has 5 aromatic rings. The Bertz CT molecular complexity index is 1890. The van der Waals surface area contributed by atoms with Gasteiger partial charge in [-0.1, -0.05) is 52.0 Å². The highest BCUT2D eigenvalue weighted by Gasteiger charge is 2.24. The minimum absolute atomic E-state index is 0.119. The second-order valence-corrected chi connectivity index (χ2v) is 12.6. The lowest BCUT2D eigenvalue weighted by Gasteiger charge is -2.27. The predicted molar refractivity (Wildman–Crippen MR) is 196 cm³/mol. The van der Waals surface area contributed by atoms with Crippen molar-refractivity contribution in [2.24, 2.45) is 0 Å². The van der Waals surface area contributed by atoms with Crippen molar-refractivity contribution in [1.82, 2.24) is 15.0 Å². The zero-order valence-corrected chi connectivity index (χ0v) is 28.3. The molecule has 0 atom stereocenters. The molecule has 2 aromatic carbocycles. The van der Waals surface area contributed by atoms with Crippen LogP contribution >= 0.6 is 0 Å². The molecule has 0 aliphatic carbocycles. The molecule has 0 fully saturated rings. The van der Waals surface area contributed by atoms with Crippen molar-refractivity contribution in [1.29, 1.82) is 0 Å². The van der Waals surface area contributed by atoms with Crippen LogP contribution in [0.4, 0.5) is 16.2 Å². The van der Waals surface area contributed by atoms with Gasteiger partial charge in [0, 0.05) is 36.2 Å². The number of hydrogen-bond donors (Lipinski definition) is 2. The quantitative estimate of drug-likeness (QED) is 0.0928. The Labute approximate surface area is 282 Å². The van der Waals surface area contributed by atoms with E-state index >= 15 is 0 Å². The Morgan fingerprint density at radius 2 is 1.73 bits per heavy atom. The number of urea groups is 1. The number of nitrogens with zero attached hydrogens (tertiary/aromatic N) is 3. The van der Waals surface area contributed by atoms with E-state index in [1.165, 1.54) is 10.5 Å². The van der Waals surface area contributed by atoms with Crippen LogP contribution in [0.1, 0.15) is 75.5 Å². The summed E-state index contributed by atoms with van der Waals surface area (Å²) < 4.78 is 6.15. The fourth-order valence-electron chi connectivity index (χ4n) is 5.81. The summed E-state index contributed by atoms with van der Waals surface area (Å²) in [7, 11) is 0. The van der Waals surface area contributed by atoms with Crippen molar-refractivity contribution in [3.63, 3.8) is 0 Å². The number of ether oxygens (including phenoxy) is 1. The van der Waals surface area contributed by atoms with E-state index in [0.29, 0.717) is 31.6 Å². The Balaban J connectivity index is 1.43. The summed E-state index contributed by atoms with van der Waals surface area (Å²) in [6, 6.07) is 21.6. The smallest absolute Gasteiger partial charge is 0.326 e. The first kappa shape index (κ1) is 34.1. The largest absolute Gasteiger partial charge is 0.494 e. The highest BCUT2D eigenvalue weighted by Crippen LogP contribution is 2.38. The van der Waals surface area contributed by atoms with Gasteiger partial charge in [-0.15, -0.1) is 6.58 Å². The minimum atomic E-state index is -0.363. The minimum Gasteiger partial charge on any atom is -0.494 e.